The highest BCUT2D eigenvalue weighted by Crippen LogP contribution is 2.37. The predicted molar refractivity (Wildman–Crippen MR) is 81.1 cm³/mol. The first-order chi connectivity index (χ1) is 9.20. The second-order valence-electron chi connectivity index (χ2n) is 5.61. The van der Waals surface area contributed by atoms with Gasteiger partial charge in [0.25, 0.3) is 0 Å². The van der Waals surface area contributed by atoms with Crippen LogP contribution in [-0.2, 0) is 0 Å². The maximum atomic E-state index is 12.0. The quantitative estimate of drug-likeness (QED) is 0.391. The summed E-state index contributed by atoms with van der Waals surface area (Å²) >= 11 is 6.16. The van der Waals surface area contributed by atoms with Gasteiger partial charge in [0.1, 0.15) is 0 Å². The van der Waals surface area contributed by atoms with Gasteiger partial charge in [-0.2, -0.15) is 0 Å². The fraction of sp³-hybridized carbons (Fsp3) is 0.588. The van der Waals surface area contributed by atoms with Crippen LogP contribution >= 0.6 is 11.6 Å². The van der Waals surface area contributed by atoms with Crippen molar-refractivity contribution in [1.29, 1.82) is 0 Å². The van der Waals surface area contributed by atoms with Crippen molar-refractivity contribution in [3.05, 3.63) is 35.4 Å². The molecule has 2 heteroatoms. The van der Waals surface area contributed by atoms with E-state index >= 15 is 0 Å². The SMILES string of the molecule is CCCCCC(=O)c1ccc([C@H]2CCC(Cl)C2)cc1. The van der Waals surface area contributed by atoms with E-state index in [0.29, 0.717) is 17.7 Å². The molecule has 0 radical (unpaired) electrons. The number of carbonyl (C=O) groups excluding carboxylic acids is 1. The van der Waals surface area contributed by atoms with E-state index < -0.39 is 0 Å². The summed E-state index contributed by atoms with van der Waals surface area (Å²) in [5, 5.41) is 0.334. The average molecular weight is 279 g/mol. The summed E-state index contributed by atoms with van der Waals surface area (Å²) in [7, 11) is 0. The van der Waals surface area contributed by atoms with Crippen molar-refractivity contribution in [3.63, 3.8) is 0 Å². The number of alkyl halides is 1. The molecule has 1 aliphatic carbocycles. The molecule has 0 heterocycles. The molecule has 0 aliphatic heterocycles. The van der Waals surface area contributed by atoms with Gasteiger partial charge in [-0.3, -0.25) is 4.79 Å². The van der Waals surface area contributed by atoms with Crippen LogP contribution in [0, 0.1) is 0 Å². The van der Waals surface area contributed by atoms with Crippen LogP contribution in [0.1, 0.15) is 73.7 Å². The van der Waals surface area contributed by atoms with E-state index in [4.69, 9.17) is 11.6 Å². The highest BCUT2D eigenvalue weighted by Gasteiger charge is 2.24. The molecule has 0 N–H and O–H groups in total. The Morgan fingerprint density at radius 1 is 1.21 bits per heavy atom. The third kappa shape index (κ3) is 4.07. The highest BCUT2D eigenvalue weighted by atomic mass is 35.5. The molecule has 1 aromatic carbocycles. The van der Waals surface area contributed by atoms with Crippen LogP contribution in [0.2, 0.25) is 0 Å². The molecule has 1 aromatic rings. The minimum Gasteiger partial charge on any atom is -0.294 e. The van der Waals surface area contributed by atoms with Gasteiger partial charge >= 0.3 is 0 Å². The zero-order valence-electron chi connectivity index (χ0n) is 11.7. The van der Waals surface area contributed by atoms with Gasteiger partial charge in [0, 0.05) is 17.4 Å². The van der Waals surface area contributed by atoms with Crippen LogP contribution in [0.3, 0.4) is 0 Å². The van der Waals surface area contributed by atoms with E-state index in [9.17, 15) is 4.79 Å². The van der Waals surface area contributed by atoms with Crippen LogP contribution < -0.4 is 0 Å². The largest absolute Gasteiger partial charge is 0.294 e. The first-order valence-electron chi connectivity index (χ1n) is 7.48. The summed E-state index contributed by atoms with van der Waals surface area (Å²) < 4.78 is 0. The van der Waals surface area contributed by atoms with Crippen molar-refractivity contribution in [3.8, 4) is 0 Å². The lowest BCUT2D eigenvalue weighted by Gasteiger charge is -2.10. The van der Waals surface area contributed by atoms with Gasteiger partial charge in [0.05, 0.1) is 0 Å². The van der Waals surface area contributed by atoms with Crippen LogP contribution in [0.4, 0.5) is 0 Å². The fourth-order valence-corrected chi connectivity index (χ4v) is 3.19. The van der Waals surface area contributed by atoms with Gasteiger partial charge < -0.3 is 0 Å². The van der Waals surface area contributed by atoms with E-state index in [1.165, 1.54) is 12.0 Å². The zero-order chi connectivity index (χ0) is 13.7. The summed E-state index contributed by atoms with van der Waals surface area (Å²) in [6.07, 6.45) is 7.36. The van der Waals surface area contributed by atoms with Crippen molar-refractivity contribution in [1.82, 2.24) is 0 Å². The number of benzene rings is 1. The molecule has 1 unspecified atom stereocenters. The van der Waals surface area contributed by atoms with Gasteiger partial charge in [0.15, 0.2) is 5.78 Å². The molecule has 0 saturated heterocycles. The second-order valence-corrected chi connectivity index (χ2v) is 6.23. The van der Waals surface area contributed by atoms with Gasteiger partial charge in [0.2, 0.25) is 0 Å². The molecule has 1 saturated carbocycles. The standard InChI is InChI=1S/C17H23ClO/c1-2-3-4-5-17(19)14-8-6-13(7-9-14)15-10-11-16(18)12-15/h6-9,15-16H,2-5,10-12H2,1H3/t15-,16?/m0/s1. The fourth-order valence-electron chi connectivity index (χ4n) is 2.85. The molecule has 0 spiro atoms. The van der Waals surface area contributed by atoms with Crippen molar-refractivity contribution < 1.29 is 4.79 Å². The summed E-state index contributed by atoms with van der Waals surface area (Å²) in [6, 6.07) is 8.22. The predicted octanol–water partition coefficient (Wildman–Crippen LogP) is 5.32. The van der Waals surface area contributed by atoms with Gasteiger partial charge in [-0.25, -0.2) is 0 Å². The number of halogens is 1. The number of hydrogen-bond donors (Lipinski definition) is 0. The molecular weight excluding hydrogens is 256 g/mol. The molecule has 104 valence electrons. The minimum absolute atomic E-state index is 0.279. The Morgan fingerprint density at radius 2 is 1.95 bits per heavy atom. The van der Waals surface area contributed by atoms with Crippen molar-refractivity contribution in [2.24, 2.45) is 0 Å². The van der Waals surface area contributed by atoms with E-state index in [1.54, 1.807) is 0 Å². The van der Waals surface area contributed by atoms with E-state index in [2.05, 4.69) is 19.1 Å². The third-order valence-electron chi connectivity index (χ3n) is 4.08. The molecule has 1 aliphatic rings. The van der Waals surface area contributed by atoms with E-state index in [0.717, 1.165) is 37.7 Å². The number of Topliss-reactive ketones (excluding diaryl/α,β-unsaturated/α-hetero) is 1. The number of rotatable bonds is 6. The Balaban J connectivity index is 1.92. The lowest BCUT2D eigenvalue weighted by atomic mass is 9.95. The molecule has 0 aromatic heterocycles. The Labute approximate surface area is 121 Å². The number of ketones is 1. The zero-order valence-corrected chi connectivity index (χ0v) is 12.5. The molecule has 1 fully saturated rings. The maximum Gasteiger partial charge on any atom is 0.162 e. The highest BCUT2D eigenvalue weighted by molar-refractivity contribution is 6.20. The molecule has 2 atom stereocenters. The number of hydrogen-bond acceptors (Lipinski definition) is 1. The first kappa shape index (κ1) is 14.6. The second kappa shape index (κ2) is 7.09. The Hall–Kier alpha value is -0.820. The van der Waals surface area contributed by atoms with Crippen molar-refractivity contribution in [2.45, 2.75) is 63.2 Å². The maximum absolute atomic E-state index is 12.0. The summed E-state index contributed by atoms with van der Waals surface area (Å²) in [6.45, 7) is 2.16. The monoisotopic (exact) mass is 278 g/mol. The van der Waals surface area contributed by atoms with Crippen LogP contribution in [0.25, 0.3) is 0 Å². The summed E-state index contributed by atoms with van der Waals surface area (Å²) in [5.41, 5.74) is 2.20. The molecule has 19 heavy (non-hydrogen) atoms. The smallest absolute Gasteiger partial charge is 0.162 e. The van der Waals surface area contributed by atoms with Gasteiger partial charge in [-0.15, -0.1) is 11.6 Å². The molecule has 0 bridgehead atoms. The summed E-state index contributed by atoms with van der Waals surface area (Å²) in [4.78, 5) is 12.0. The Kier molecular flexibility index (Phi) is 5.45. The molecule has 0 amide bonds. The first-order valence-corrected chi connectivity index (χ1v) is 7.91. The van der Waals surface area contributed by atoms with Crippen LogP contribution in [0.15, 0.2) is 24.3 Å². The van der Waals surface area contributed by atoms with E-state index in [-0.39, 0.29) is 5.78 Å². The minimum atomic E-state index is 0.279. The Morgan fingerprint density at radius 3 is 2.53 bits per heavy atom. The third-order valence-corrected chi connectivity index (χ3v) is 4.48. The van der Waals surface area contributed by atoms with E-state index in [1.807, 2.05) is 12.1 Å². The number of carbonyl (C=O) groups is 1. The number of unbranched alkanes of at least 4 members (excludes halogenated alkanes) is 2. The van der Waals surface area contributed by atoms with Crippen molar-refractivity contribution >= 4 is 17.4 Å². The molecule has 1 nitrogen and oxygen atoms in total. The summed E-state index contributed by atoms with van der Waals surface area (Å²) in [5.74, 6) is 0.869. The lowest BCUT2D eigenvalue weighted by molar-refractivity contribution is 0.0979. The van der Waals surface area contributed by atoms with Gasteiger partial charge in [-0.05, 0) is 37.2 Å². The molecular formula is C17H23ClO. The Bertz CT molecular complexity index is 410. The van der Waals surface area contributed by atoms with Gasteiger partial charge in [-0.1, -0.05) is 44.0 Å². The lowest BCUT2D eigenvalue weighted by Crippen LogP contribution is -2.00. The normalized spacial score (nSPS) is 22.6. The average Bonchev–Trinajstić information content (AvgIpc) is 2.86. The van der Waals surface area contributed by atoms with Crippen LogP contribution in [-0.4, -0.2) is 11.2 Å². The van der Waals surface area contributed by atoms with Crippen molar-refractivity contribution in [2.75, 3.05) is 0 Å². The topological polar surface area (TPSA) is 17.1 Å². The molecule has 2 rings (SSSR count). The van der Waals surface area contributed by atoms with Crippen LogP contribution in [0.5, 0.6) is 0 Å².